The van der Waals surface area contributed by atoms with Crippen LogP contribution in [0.1, 0.15) is 19.3 Å². The summed E-state index contributed by atoms with van der Waals surface area (Å²) in [5.41, 5.74) is -0.685. The van der Waals surface area contributed by atoms with Crippen molar-refractivity contribution in [2.75, 3.05) is 5.88 Å². The van der Waals surface area contributed by atoms with Gasteiger partial charge in [0, 0.05) is 11.8 Å². The fourth-order valence-electron chi connectivity index (χ4n) is 2.15. The van der Waals surface area contributed by atoms with Crippen LogP contribution in [0.4, 0.5) is 0 Å². The first kappa shape index (κ1) is 9.93. The van der Waals surface area contributed by atoms with Crippen molar-refractivity contribution < 1.29 is 5.11 Å². The maximum Gasteiger partial charge on any atom is 0.137 e. The van der Waals surface area contributed by atoms with Gasteiger partial charge in [0.25, 0.3) is 0 Å². The largest absolute Gasteiger partial charge is 0.388 e. The maximum atomic E-state index is 10.3. The van der Waals surface area contributed by atoms with Crippen molar-refractivity contribution in [3.8, 4) is 0 Å². The number of hydrogen-bond donors (Lipinski definition) is 1. The topological polar surface area (TPSA) is 50.9 Å². The molecule has 78 valence electrons. The summed E-state index contributed by atoms with van der Waals surface area (Å²) in [6.45, 7) is 0.504. The van der Waals surface area contributed by atoms with E-state index in [1.54, 1.807) is 11.0 Å². The Labute approximate surface area is 87.9 Å². The average Bonchev–Trinajstić information content (AvgIpc) is 2.75. The molecule has 1 N–H and O–H groups in total. The first-order chi connectivity index (χ1) is 6.74. The number of halogens is 1. The number of nitrogens with zero attached hydrogens (tertiary/aromatic N) is 3. The molecule has 1 aliphatic carbocycles. The van der Waals surface area contributed by atoms with Gasteiger partial charge in [-0.3, -0.25) is 4.68 Å². The van der Waals surface area contributed by atoms with Gasteiger partial charge in [-0.2, -0.15) is 5.10 Å². The average molecular weight is 216 g/mol. The first-order valence-corrected chi connectivity index (χ1v) is 5.39. The summed E-state index contributed by atoms with van der Waals surface area (Å²) in [4.78, 5) is 3.85. The van der Waals surface area contributed by atoms with E-state index in [-0.39, 0.29) is 5.92 Å². The van der Waals surface area contributed by atoms with Crippen LogP contribution in [0.2, 0.25) is 0 Å². The zero-order chi connectivity index (χ0) is 10.0. The molecule has 0 aliphatic heterocycles. The van der Waals surface area contributed by atoms with Crippen molar-refractivity contribution >= 4 is 11.6 Å². The first-order valence-electron chi connectivity index (χ1n) is 4.85. The molecule has 1 aliphatic rings. The fourth-order valence-corrected chi connectivity index (χ4v) is 2.59. The Morgan fingerprint density at radius 1 is 1.64 bits per heavy atom. The van der Waals surface area contributed by atoms with E-state index in [2.05, 4.69) is 10.1 Å². The minimum absolute atomic E-state index is 0.188. The van der Waals surface area contributed by atoms with Gasteiger partial charge in [0.15, 0.2) is 0 Å². The molecule has 0 saturated heterocycles. The summed E-state index contributed by atoms with van der Waals surface area (Å²) in [6.07, 6.45) is 5.97. The van der Waals surface area contributed by atoms with Crippen molar-refractivity contribution in [2.45, 2.75) is 31.4 Å². The third kappa shape index (κ3) is 1.77. The van der Waals surface area contributed by atoms with Gasteiger partial charge in [-0.15, -0.1) is 11.6 Å². The summed E-state index contributed by atoms with van der Waals surface area (Å²) in [6, 6.07) is 0. The molecule has 0 spiro atoms. The van der Waals surface area contributed by atoms with Gasteiger partial charge in [-0.25, -0.2) is 4.98 Å². The number of aliphatic hydroxyl groups is 1. The van der Waals surface area contributed by atoms with Crippen LogP contribution in [0, 0.1) is 5.92 Å². The maximum absolute atomic E-state index is 10.3. The van der Waals surface area contributed by atoms with Gasteiger partial charge in [0.1, 0.15) is 12.7 Å². The molecule has 1 aromatic rings. The summed E-state index contributed by atoms with van der Waals surface area (Å²) >= 11 is 5.83. The van der Waals surface area contributed by atoms with Gasteiger partial charge in [0.2, 0.25) is 0 Å². The highest BCUT2D eigenvalue weighted by atomic mass is 35.5. The monoisotopic (exact) mass is 215 g/mol. The van der Waals surface area contributed by atoms with Gasteiger partial charge < -0.3 is 5.11 Å². The van der Waals surface area contributed by atoms with Crippen LogP contribution >= 0.6 is 11.6 Å². The predicted molar refractivity (Wildman–Crippen MR) is 53.0 cm³/mol. The second-order valence-corrected chi connectivity index (χ2v) is 4.25. The second-order valence-electron chi connectivity index (χ2n) is 3.94. The normalized spacial score (nSPS) is 32.3. The minimum Gasteiger partial charge on any atom is -0.388 e. The molecular weight excluding hydrogens is 202 g/mol. The van der Waals surface area contributed by atoms with Gasteiger partial charge in [-0.1, -0.05) is 6.42 Å². The van der Waals surface area contributed by atoms with Crippen molar-refractivity contribution in [1.82, 2.24) is 14.8 Å². The summed E-state index contributed by atoms with van der Waals surface area (Å²) in [5.74, 6) is 0.707. The van der Waals surface area contributed by atoms with Crippen LogP contribution in [0.5, 0.6) is 0 Å². The van der Waals surface area contributed by atoms with E-state index >= 15 is 0 Å². The molecule has 2 atom stereocenters. The quantitative estimate of drug-likeness (QED) is 0.767. The van der Waals surface area contributed by atoms with Gasteiger partial charge in [-0.05, 0) is 12.8 Å². The molecular formula is C9H14ClN3O. The molecule has 5 heteroatoms. The number of hydrogen-bond acceptors (Lipinski definition) is 3. The van der Waals surface area contributed by atoms with Crippen LogP contribution < -0.4 is 0 Å². The van der Waals surface area contributed by atoms with Crippen LogP contribution in [0.3, 0.4) is 0 Å². The molecule has 0 amide bonds. The molecule has 2 unspecified atom stereocenters. The lowest BCUT2D eigenvalue weighted by Gasteiger charge is -2.28. The van der Waals surface area contributed by atoms with Crippen LogP contribution in [-0.4, -0.2) is 31.4 Å². The van der Waals surface area contributed by atoms with Crippen molar-refractivity contribution in [2.24, 2.45) is 5.92 Å². The van der Waals surface area contributed by atoms with Crippen LogP contribution in [0.25, 0.3) is 0 Å². The van der Waals surface area contributed by atoms with Crippen molar-refractivity contribution in [1.29, 1.82) is 0 Å². The Morgan fingerprint density at radius 2 is 2.50 bits per heavy atom. The van der Waals surface area contributed by atoms with Gasteiger partial charge in [0.05, 0.1) is 12.1 Å². The molecule has 1 saturated carbocycles. The van der Waals surface area contributed by atoms with E-state index in [4.69, 9.17) is 11.6 Å². The zero-order valence-corrected chi connectivity index (χ0v) is 8.69. The minimum atomic E-state index is -0.685. The third-order valence-electron chi connectivity index (χ3n) is 3.01. The fraction of sp³-hybridized carbons (Fsp3) is 0.778. The number of aromatic nitrogens is 3. The molecule has 4 nitrogen and oxygen atoms in total. The summed E-state index contributed by atoms with van der Waals surface area (Å²) in [5, 5.41) is 14.3. The SMILES string of the molecule is OC1(Cn2cncn2)CCCC1CCl. The molecule has 0 aromatic carbocycles. The van der Waals surface area contributed by atoms with Crippen LogP contribution in [-0.2, 0) is 6.54 Å². The highest BCUT2D eigenvalue weighted by molar-refractivity contribution is 6.18. The highest BCUT2D eigenvalue weighted by Crippen LogP contribution is 2.37. The van der Waals surface area contributed by atoms with E-state index in [1.807, 2.05) is 0 Å². The summed E-state index contributed by atoms with van der Waals surface area (Å²) in [7, 11) is 0. The molecule has 1 aromatic heterocycles. The Morgan fingerprint density at radius 3 is 3.14 bits per heavy atom. The standard InChI is InChI=1S/C9H14ClN3O/c10-4-8-2-1-3-9(8,14)5-13-7-11-6-12-13/h6-8,14H,1-5H2. The predicted octanol–water partition coefficient (Wildman–Crippen LogP) is 1.05. The smallest absolute Gasteiger partial charge is 0.137 e. The number of alkyl halides is 1. The lowest BCUT2D eigenvalue weighted by molar-refractivity contribution is -0.00888. The third-order valence-corrected chi connectivity index (χ3v) is 3.38. The zero-order valence-electron chi connectivity index (χ0n) is 7.93. The Balaban J connectivity index is 2.08. The Hall–Kier alpha value is -0.610. The molecule has 0 bridgehead atoms. The lowest BCUT2D eigenvalue weighted by atomic mass is 9.92. The van der Waals surface area contributed by atoms with Crippen molar-refractivity contribution in [3.05, 3.63) is 12.7 Å². The van der Waals surface area contributed by atoms with Crippen LogP contribution in [0.15, 0.2) is 12.7 Å². The summed E-state index contributed by atoms with van der Waals surface area (Å²) < 4.78 is 1.67. The van der Waals surface area contributed by atoms with E-state index in [9.17, 15) is 5.11 Å². The van der Waals surface area contributed by atoms with E-state index in [1.165, 1.54) is 6.33 Å². The van der Waals surface area contributed by atoms with E-state index < -0.39 is 5.60 Å². The lowest BCUT2D eigenvalue weighted by Crippen LogP contribution is -2.39. The molecule has 1 fully saturated rings. The molecule has 0 radical (unpaired) electrons. The Bertz CT molecular complexity index is 290. The van der Waals surface area contributed by atoms with Crippen molar-refractivity contribution in [3.63, 3.8) is 0 Å². The Kier molecular flexibility index (Phi) is 2.74. The number of rotatable bonds is 3. The highest BCUT2D eigenvalue weighted by Gasteiger charge is 2.40. The molecule has 1 heterocycles. The molecule has 14 heavy (non-hydrogen) atoms. The molecule has 2 rings (SSSR count). The van der Waals surface area contributed by atoms with E-state index in [0.717, 1.165) is 19.3 Å². The van der Waals surface area contributed by atoms with E-state index in [0.29, 0.717) is 12.4 Å². The van der Waals surface area contributed by atoms with Gasteiger partial charge >= 0.3 is 0 Å². The second kappa shape index (κ2) is 3.87.